The Labute approximate surface area is 214 Å². The third-order valence-electron chi connectivity index (χ3n) is 6.23. The maximum absolute atomic E-state index is 13.3. The Balaban J connectivity index is 1.84. The monoisotopic (exact) mass is 534 g/mol. The molecule has 0 spiro atoms. The van der Waals surface area contributed by atoms with Gasteiger partial charge in [0.15, 0.2) is 11.6 Å². The van der Waals surface area contributed by atoms with Crippen molar-refractivity contribution in [1.29, 1.82) is 0 Å². The lowest BCUT2D eigenvalue weighted by Gasteiger charge is -2.19. The van der Waals surface area contributed by atoms with E-state index in [9.17, 15) is 26.4 Å². The average Bonchev–Trinajstić information content (AvgIpc) is 2.86. The van der Waals surface area contributed by atoms with Gasteiger partial charge in [-0.15, -0.1) is 0 Å². The van der Waals surface area contributed by atoms with E-state index in [1.165, 1.54) is 36.4 Å². The molecule has 3 rings (SSSR count). The van der Waals surface area contributed by atoms with Gasteiger partial charge < -0.3 is 0 Å². The van der Waals surface area contributed by atoms with Gasteiger partial charge in [0.25, 0.3) is 0 Å². The van der Waals surface area contributed by atoms with Crippen molar-refractivity contribution in [1.82, 2.24) is 9.44 Å². The van der Waals surface area contributed by atoms with E-state index in [2.05, 4.69) is 23.3 Å². The maximum Gasteiger partial charge on any atom is 0.240 e. The molecule has 0 radical (unpaired) electrons. The Hall–Kier alpha value is -2.40. The fourth-order valence-electron chi connectivity index (χ4n) is 4.13. The molecular formula is C26H34N2O6S2. The first-order valence-corrected chi connectivity index (χ1v) is 15.5. The molecule has 196 valence electrons. The molecule has 0 aromatic heterocycles. The summed E-state index contributed by atoms with van der Waals surface area (Å²) in [7, 11) is -7.73. The molecule has 0 saturated carbocycles. The fourth-order valence-corrected chi connectivity index (χ4v) is 6.33. The molecule has 0 bridgehead atoms. The van der Waals surface area contributed by atoms with Crippen molar-refractivity contribution in [3.63, 3.8) is 0 Å². The predicted octanol–water partition coefficient (Wildman–Crippen LogP) is 4.18. The summed E-state index contributed by atoms with van der Waals surface area (Å²) in [6.45, 7) is 4.69. The van der Waals surface area contributed by atoms with Crippen molar-refractivity contribution in [2.45, 2.75) is 75.0 Å². The van der Waals surface area contributed by atoms with E-state index >= 15 is 0 Å². The summed E-state index contributed by atoms with van der Waals surface area (Å²) in [6.07, 6.45) is 7.32. The van der Waals surface area contributed by atoms with Crippen LogP contribution in [-0.4, -0.2) is 41.5 Å². The number of hydrogen-bond donors (Lipinski definition) is 2. The highest BCUT2D eigenvalue weighted by Gasteiger charge is 2.32. The molecule has 2 aromatic carbocycles. The van der Waals surface area contributed by atoms with Crippen molar-refractivity contribution in [2.75, 3.05) is 13.1 Å². The molecule has 0 saturated heterocycles. The summed E-state index contributed by atoms with van der Waals surface area (Å²) in [5, 5.41) is 0. The maximum atomic E-state index is 13.3. The molecule has 0 atom stereocenters. The summed E-state index contributed by atoms with van der Waals surface area (Å²) in [5.41, 5.74) is 0.0879. The standard InChI is InChI=1S/C26H34N2O6S2/c1-3-5-7-9-15-27-35(31,32)19-11-13-21-23(17-19)26(30)24-18-20(12-14-22(24)25(21)29)36(33,34)28-16-10-8-6-4-2/h11-14,17-18,27-28H,3-10,15-16H2,1-2H3. The van der Waals surface area contributed by atoms with Crippen LogP contribution in [0.4, 0.5) is 0 Å². The van der Waals surface area contributed by atoms with E-state index in [4.69, 9.17) is 0 Å². The van der Waals surface area contributed by atoms with Gasteiger partial charge in [-0.1, -0.05) is 52.4 Å². The second-order valence-electron chi connectivity index (χ2n) is 8.99. The fraction of sp³-hybridized carbons (Fsp3) is 0.462. The van der Waals surface area contributed by atoms with Gasteiger partial charge in [0.1, 0.15) is 0 Å². The molecule has 0 heterocycles. The molecule has 36 heavy (non-hydrogen) atoms. The van der Waals surface area contributed by atoms with Gasteiger partial charge in [0, 0.05) is 35.3 Å². The number of sulfonamides is 2. The van der Waals surface area contributed by atoms with Crippen LogP contribution in [0.2, 0.25) is 0 Å². The van der Waals surface area contributed by atoms with E-state index < -0.39 is 31.6 Å². The Morgan fingerprint density at radius 2 is 0.944 bits per heavy atom. The van der Waals surface area contributed by atoms with Crippen LogP contribution in [0.25, 0.3) is 0 Å². The molecule has 2 N–H and O–H groups in total. The number of carbonyl (C=O) groups is 2. The lowest BCUT2D eigenvalue weighted by atomic mass is 9.84. The molecule has 0 amide bonds. The van der Waals surface area contributed by atoms with E-state index in [0.717, 1.165) is 38.5 Å². The zero-order valence-corrected chi connectivity index (χ0v) is 22.4. The first kappa shape index (κ1) is 28.2. The number of fused-ring (bicyclic) bond motifs is 2. The SMILES string of the molecule is CCCCCCNS(=O)(=O)c1ccc2c(c1)C(=O)c1cc(S(=O)(=O)NCCCCCC)ccc1C2=O. The minimum atomic E-state index is -3.87. The van der Waals surface area contributed by atoms with Crippen molar-refractivity contribution in [3.8, 4) is 0 Å². The van der Waals surface area contributed by atoms with Crippen molar-refractivity contribution in [3.05, 3.63) is 58.7 Å². The molecule has 2 aromatic rings. The molecular weight excluding hydrogens is 500 g/mol. The van der Waals surface area contributed by atoms with Gasteiger partial charge in [-0.2, -0.15) is 0 Å². The normalized spacial score (nSPS) is 13.5. The van der Waals surface area contributed by atoms with Crippen molar-refractivity contribution in [2.24, 2.45) is 0 Å². The van der Waals surface area contributed by atoms with Crippen molar-refractivity contribution < 1.29 is 26.4 Å². The average molecular weight is 535 g/mol. The number of rotatable bonds is 14. The largest absolute Gasteiger partial charge is 0.289 e. The number of unbranched alkanes of at least 4 members (excludes halogenated alkanes) is 6. The van der Waals surface area contributed by atoms with Crippen LogP contribution in [0, 0.1) is 0 Å². The zero-order valence-electron chi connectivity index (χ0n) is 20.8. The predicted molar refractivity (Wildman–Crippen MR) is 138 cm³/mol. The summed E-state index contributed by atoms with van der Waals surface area (Å²) in [4.78, 5) is 26.1. The summed E-state index contributed by atoms with van der Waals surface area (Å²) in [5.74, 6) is -1.04. The lowest BCUT2D eigenvalue weighted by Crippen LogP contribution is -2.27. The van der Waals surface area contributed by atoms with Gasteiger partial charge in [-0.3, -0.25) is 9.59 Å². The highest BCUT2D eigenvalue weighted by atomic mass is 32.2. The quantitative estimate of drug-likeness (QED) is 0.299. The molecule has 0 aliphatic heterocycles. The van der Waals surface area contributed by atoms with Gasteiger partial charge in [0.05, 0.1) is 9.79 Å². The number of ketones is 2. The van der Waals surface area contributed by atoms with Crippen LogP contribution in [0.1, 0.15) is 97.1 Å². The summed E-state index contributed by atoms with van der Waals surface area (Å²) in [6, 6.07) is 7.69. The first-order valence-electron chi connectivity index (χ1n) is 12.5. The first-order chi connectivity index (χ1) is 17.1. The zero-order chi connectivity index (χ0) is 26.3. The third-order valence-corrected chi connectivity index (χ3v) is 9.14. The van der Waals surface area contributed by atoms with E-state index in [1.807, 2.05) is 0 Å². The Bertz CT molecular complexity index is 1230. The minimum absolute atomic E-state index is 0.0524. The van der Waals surface area contributed by atoms with Crippen LogP contribution in [0.3, 0.4) is 0 Å². The Morgan fingerprint density at radius 3 is 1.33 bits per heavy atom. The number of benzene rings is 2. The topological polar surface area (TPSA) is 126 Å². The van der Waals surface area contributed by atoms with E-state index in [-0.39, 0.29) is 45.1 Å². The van der Waals surface area contributed by atoms with Gasteiger partial charge in [0.2, 0.25) is 20.0 Å². The molecule has 1 aliphatic carbocycles. The lowest BCUT2D eigenvalue weighted by molar-refractivity contribution is 0.0978. The second-order valence-corrected chi connectivity index (χ2v) is 12.5. The van der Waals surface area contributed by atoms with Crippen LogP contribution in [0.5, 0.6) is 0 Å². The number of hydrogen-bond acceptors (Lipinski definition) is 6. The number of nitrogens with one attached hydrogen (secondary N) is 2. The summed E-state index contributed by atoms with van der Waals surface area (Å²) >= 11 is 0. The second kappa shape index (κ2) is 12.2. The minimum Gasteiger partial charge on any atom is -0.289 e. The van der Waals surface area contributed by atoms with Gasteiger partial charge in [-0.05, 0) is 49.2 Å². The van der Waals surface area contributed by atoms with Crippen LogP contribution in [0.15, 0.2) is 46.2 Å². The van der Waals surface area contributed by atoms with E-state index in [0.29, 0.717) is 12.8 Å². The van der Waals surface area contributed by atoms with Crippen LogP contribution < -0.4 is 9.44 Å². The van der Waals surface area contributed by atoms with Crippen LogP contribution >= 0.6 is 0 Å². The highest BCUT2D eigenvalue weighted by molar-refractivity contribution is 7.89. The smallest absolute Gasteiger partial charge is 0.240 e. The van der Waals surface area contributed by atoms with Crippen molar-refractivity contribution >= 4 is 31.6 Å². The summed E-state index contributed by atoms with van der Waals surface area (Å²) < 4.78 is 56.0. The van der Waals surface area contributed by atoms with Crippen LogP contribution in [-0.2, 0) is 20.0 Å². The van der Waals surface area contributed by atoms with Gasteiger partial charge in [-0.25, -0.2) is 26.3 Å². The molecule has 10 heteroatoms. The molecule has 0 fully saturated rings. The molecule has 1 aliphatic rings. The third kappa shape index (κ3) is 6.47. The molecule has 0 unspecified atom stereocenters. The Kier molecular flexibility index (Phi) is 9.57. The number of carbonyl (C=O) groups excluding carboxylic acids is 2. The van der Waals surface area contributed by atoms with Gasteiger partial charge >= 0.3 is 0 Å². The molecule has 8 nitrogen and oxygen atoms in total. The van der Waals surface area contributed by atoms with E-state index in [1.54, 1.807) is 0 Å². The highest BCUT2D eigenvalue weighted by Crippen LogP contribution is 2.30. The Morgan fingerprint density at radius 1 is 0.556 bits per heavy atom.